The van der Waals surface area contributed by atoms with Crippen molar-refractivity contribution < 1.29 is 19.1 Å². The summed E-state index contributed by atoms with van der Waals surface area (Å²) in [7, 11) is 0. The third-order valence-electron chi connectivity index (χ3n) is 7.05. The number of anilines is 1. The van der Waals surface area contributed by atoms with Crippen LogP contribution in [0.4, 0.5) is 5.69 Å². The number of nitrogens with one attached hydrogen (secondary N) is 2. The molecule has 0 bridgehead atoms. The monoisotopic (exact) mass is 570 g/mol. The van der Waals surface area contributed by atoms with E-state index in [9.17, 15) is 9.59 Å². The van der Waals surface area contributed by atoms with E-state index in [-0.39, 0.29) is 19.1 Å². The number of ether oxygens (including phenoxy) is 2. The van der Waals surface area contributed by atoms with Crippen molar-refractivity contribution in [1.29, 1.82) is 0 Å². The fraction of sp³-hybridized carbons (Fsp3) is 0.114. The standard InChI is InChI=1S/C35H30N4O4/c1-2-42-35(41)33-19-32(37-38-33)31-22-39(20-26-11-8-10-24-9-6-7-14-29(24)26)21-30(31)25-15-17-28(18-16-25)43-23-34(40)36-27-12-4-3-5-13-27/h3-19,21-22H,2,20,23H2,1H3,(H,36,40)(H,37,38). The number of rotatable bonds is 10. The van der Waals surface area contributed by atoms with Gasteiger partial charge in [-0.2, -0.15) is 5.10 Å². The number of esters is 1. The summed E-state index contributed by atoms with van der Waals surface area (Å²) in [5.41, 5.74) is 5.58. The predicted octanol–water partition coefficient (Wildman–Crippen LogP) is 6.94. The summed E-state index contributed by atoms with van der Waals surface area (Å²) in [4.78, 5) is 24.6. The van der Waals surface area contributed by atoms with Crippen molar-refractivity contribution in [2.45, 2.75) is 13.5 Å². The molecule has 0 aliphatic rings. The molecule has 0 saturated carbocycles. The molecule has 0 radical (unpaired) electrons. The van der Waals surface area contributed by atoms with E-state index in [1.165, 1.54) is 16.3 Å². The van der Waals surface area contributed by atoms with E-state index >= 15 is 0 Å². The number of carbonyl (C=O) groups is 2. The van der Waals surface area contributed by atoms with Gasteiger partial charge in [-0.1, -0.05) is 72.8 Å². The van der Waals surface area contributed by atoms with Gasteiger partial charge in [-0.15, -0.1) is 0 Å². The molecular formula is C35H30N4O4. The predicted molar refractivity (Wildman–Crippen MR) is 167 cm³/mol. The first-order valence-electron chi connectivity index (χ1n) is 14.0. The largest absolute Gasteiger partial charge is 0.484 e. The molecule has 43 heavy (non-hydrogen) atoms. The molecule has 6 aromatic rings. The van der Waals surface area contributed by atoms with Gasteiger partial charge in [-0.25, -0.2) is 4.79 Å². The maximum Gasteiger partial charge on any atom is 0.356 e. The van der Waals surface area contributed by atoms with Gasteiger partial charge < -0.3 is 19.4 Å². The zero-order valence-electron chi connectivity index (χ0n) is 23.6. The number of hydrogen-bond donors (Lipinski definition) is 2. The maximum atomic E-state index is 12.3. The van der Waals surface area contributed by atoms with Gasteiger partial charge >= 0.3 is 5.97 Å². The number of nitrogens with zero attached hydrogens (tertiary/aromatic N) is 2. The van der Waals surface area contributed by atoms with E-state index in [1.807, 2.05) is 72.9 Å². The Morgan fingerprint density at radius 3 is 2.42 bits per heavy atom. The third-order valence-corrected chi connectivity index (χ3v) is 7.05. The zero-order valence-corrected chi connectivity index (χ0v) is 23.6. The second-order valence-corrected chi connectivity index (χ2v) is 10.0. The quantitative estimate of drug-likeness (QED) is 0.174. The minimum atomic E-state index is -0.448. The van der Waals surface area contributed by atoms with Crippen molar-refractivity contribution in [1.82, 2.24) is 14.8 Å². The van der Waals surface area contributed by atoms with Crippen LogP contribution in [0.25, 0.3) is 33.2 Å². The summed E-state index contributed by atoms with van der Waals surface area (Å²) in [6, 6.07) is 33.2. The molecule has 8 nitrogen and oxygen atoms in total. The number of benzene rings is 4. The molecule has 4 aromatic carbocycles. The molecule has 0 atom stereocenters. The molecular weight excluding hydrogens is 540 g/mol. The molecule has 0 spiro atoms. The Kier molecular flexibility index (Phi) is 7.99. The maximum absolute atomic E-state index is 12.3. The Labute approximate surface area is 248 Å². The molecule has 2 N–H and O–H groups in total. The van der Waals surface area contributed by atoms with Crippen molar-refractivity contribution in [2.75, 3.05) is 18.5 Å². The number of fused-ring (bicyclic) bond motifs is 1. The summed E-state index contributed by atoms with van der Waals surface area (Å²) in [6.45, 7) is 2.60. The van der Waals surface area contributed by atoms with Crippen LogP contribution in [0.5, 0.6) is 5.75 Å². The van der Waals surface area contributed by atoms with Crippen molar-refractivity contribution in [2.24, 2.45) is 0 Å². The van der Waals surface area contributed by atoms with Gasteiger partial charge in [-0.3, -0.25) is 9.89 Å². The number of aromatic amines is 1. The first-order chi connectivity index (χ1) is 21.1. The van der Waals surface area contributed by atoms with Crippen molar-refractivity contribution in [3.8, 4) is 28.1 Å². The highest BCUT2D eigenvalue weighted by Gasteiger charge is 2.18. The van der Waals surface area contributed by atoms with Gasteiger partial charge in [0.15, 0.2) is 6.61 Å². The van der Waals surface area contributed by atoms with Crippen LogP contribution in [-0.2, 0) is 16.1 Å². The average molecular weight is 571 g/mol. The second kappa shape index (κ2) is 12.5. The summed E-state index contributed by atoms with van der Waals surface area (Å²) in [5.74, 6) is -0.108. The van der Waals surface area contributed by atoms with E-state index in [4.69, 9.17) is 9.47 Å². The Balaban J connectivity index is 1.27. The Hall–Kier alpha value is -5.63. The van der Waals surface area contributed by atoms with Gasteiger partial charge in [-0.05, 0) is 59.2 Å². The highest BCUT2D eigenvalue weighted by atomic mass is 16.5. The van der Waals surface area contributed by atoms with E-state index in [0.717, 1.165) is 22.4 Å². The van der Waals surface area contributed by atoms with Crippen molar-refractivity contribution >= 4 is 28.3 Å². The molecule has 0 saturated heterocycles. The van der Waals surface area contributed by atoms with E-state index in [1.54, 1.807) is 13.0 Å². The Morgan fingerprint density at radius 2 is 1.60 bits per heavy atom. The molecule has 0 fully saturated rings. The smallest absolute Gasteiger partial charge is 0.356 e. The third kappa shape index (κ3) is 6.33. The summed E-state index contributed by atoms with van der Waals surface area (Å²) >= 11 is 0. The van der Waals surface area contributed by atoms with Crippen LogP contribution in [0.3, 0.4) is 0 Å². The summed E-state index contributed by atoms with van der Waals surface area (Å²) in [6.07, 6.45) is 4.12. The minimum Gasteiger partial charge on any atom is -0.484 e. The average Bonchev–Trinajstić information content (AvgIpc) is 3.69. The van der Waals surface area contributed by atoms with E-state index < -0.39 is 5.97 Å². The Bertz CT molecular complexity index is 1870. The molecule has 214 valence electrons. The molecule has 0 unspecified atom stereocenters. The van der Waals surface area contributed by atoms with E-state index in [0.29, 0.717) is 23.7 Å². The topological polar surface area (TPSA) is 98.2 Å². The number of carbonyl (C=O) groups excluding carboxylic acids is 2. The zero-order chi connectivity index (χ0) is 29.6. The van der Waals surface area contributed by atoms with Gasteiger partial charge in [0, 0.05) is 35.8 Å². The summed E-state index contributed by atoms with van der Waals surface area (Å²) in [5, 5.41) is 12.5. The minimum absolute atomic E-state index is 0.106. The highest BCUT2D eigenvalue weighted by molar-refractivity contribution is 5.92. The van der Waals surface area contributed by atoms with Crippen LogP contribution in [0.15, 0.2) is 116 Å². The lowest BCUT2D eigenvalue weighted by Crippen LogP contribution is -2.20. The van der Waals surface area contributed by atoms with Crippen LogP contribution in [0.2, 0.25) is 0 Å². The lowest BCUT2D eigenvalue weighted by Gasteiger charge is -2.09. The van der Waals surface area contributed by atoms with Crippen molar-refractivity contribution in [3.63, 3.8) is 0 Å². The SMILES string of the molecule is CCOC(=O)c1cc(-c2cn(Cc3cccc4ccccc34)cc2-c2ccc(OCC(=O)Nc3ccccc3)cc2)n[nH]1. The van der Waals surface area contributed by atoms with Gasteiger partial charge in [0.1, 0.15) is 11.4 Å². The van der Waals surface area contributed by atoms with Crippen LogP contribution in [0, 0.1) is 0 Å². The molecule has 6 rings (SSSR count). The number of para-hydroxylation sites is 1. The molecule has 0 aliphatic carbocycles. The molecule has 2 heterocycles. The lowest BCUT2D eigenvalue weighted by atomic mass is 10.0. The normalized spacial score (nSPS) is 10.9. The first kappa shape index (κ1) is 27.5. The fourth-order valence-corrected chi connectivity index (χ4v) is 5.03. The molecule has 2 aromatic heterocycles. The number of hydrogen-bond acceptors (Lipinski definition) is 5. The fourth-order valence-electron chi connectivity index (χ4n) is 5.03. The van der Waals surface area contributed by atoms with E-state index in [2.05, 4.69) is 56.6 Å². The lowest BCUT2D eigenvalue weighted by molar-refractivity contribution is -0.118. The highest BCUT2D eigenvalue weighted by Crippen LogP contribution is 2.34. The van der Waals surface area contributed by atoms with Crippen LogP contribution < -0.4 is 10.1 Å². The molecule has 1 amide bonds. The number of H-pyrrole nitrogens is 1. The van der Waals surface area contributed by atoms with Crippen LogP contribution >= 0.6 is 0 Å². The second-order valence-electron chi connectivity index (χ2n) is 10.0. The molecule has 0 aliphatic heterocycles. The van der Waals surface area contributed by atoms with Crippen LogP contribution in [-0.4, -0.2) is 39.9 Å². The Morgan fingerprint density at radius 1 is 0.860 bits per heavy atom. The number of amides is 1. The van der Waals surface area contributed by atoms with Gasteiger partial charge in [0.25, 0.3) is 5.91 Å². The summed E-state index contributed by atoms with van der Waals surface area (Å²) < 4.78 is 13.0. The van der Waals surface area contributed by atoms with Crippen molar-refractivity contribution in [3.05, 3.63) is 127 Å². The first-order valence-corrected chi connectivity index (χ1v) is 14.0. The van der Waals surface area contributed by atoms with Gasteiger partial charge in [0.2, 0.25) is 0 Å². The molecule has 8 heteroatoms. The number of aromatic nitrogens is 3. The van der Waals surface area contributed by atoms with Gasteiger partial charge in [0.05, 0.1) is 12.3 Å². The van der Waals surface area contributed by atoms with Crippen LogP contribution in [0.1, 0.15) is 23.0 Å².